The van der Waals surface area contributed by atoms with Gasteiger partial charge in [-0.2, -0.15) is 4.31 Å². The average Bonchev–Trinajstić information content (AvgIpc) is 2.69. The molecule has 0 spiro atoms. The van der Waals surface area contributed by atoms with Crippen molar-refractivity contribution in [3.8, 4) is 5.75 Å². The molecule has 3 rings (SSSR count). The van der Waals surface area contributed by atoms with Gasteiger partial charge < -0.3 is 9.64 Å². The Balaban J connectivity index is 1.72. The molecule has 1 heterocycles. The largest absolute Gasteiger partial charge is 0.493 e. The summed E-state index contributed by atoms with van der Waals surface area (Å²) in [4.78, 5) is 2.36. The molecule has 0 saturated carbocycles. The van der Waals surface area contributed by atoms with Crippen LogP contribution in [-0.2, 0) is 10.0 Å². The summed E-state index contributed by atoms with van der Waals surface area (Å²) >= 11 is 12.4. The summed E-state index contributed by atoms with van der Waals surface area (Å²) in [6.45, 7) is 6.39. The predicted molar refractivity (Wildman–Crippen MR) is 114 cm³/mol. The molecule has 28 heavy (non-hydrogen) atoms. The lowest BCUT2D eigenvalue weighted by Gasteiger charge is -2.35. The maximum absolute atomic E-state index is 13.0. The van der Waals surface area contributed by atoms with Crippen LogP contribution in [-0.4, -0.2) is 45.5 Å². The second-order valence-electron chi connectivity index (χ2n) is 6.76. The number of ether oxygens (including phenoxy) is 1. The normalized spacial score (nSPS) is 15.6. The first-order chi connectivity index (χ1) is 13.3. The van der Waals surface area contributed by atoms with Crippen molar-refractivity contribution in [2.45, 2.75) is 25.2 Å². The minimum Gasteiger partial charge on any atom is -0.493 e. The van der Waals surface area contributed by atoms with E-state index in [9.17, 15) is 8.42 Å². The number of sulfonamides is 1. The molecule has 1 aliphatic heterocycles. The van der Waals surface area contributed by atoms with Crippen molar-refractivity contribution in [3.63, 3.8) is 0 Å². The standard InChI is InChI=1S/C20H24Cl2N2O3S/c1-3-12-27-20-7-5-17(13-15(20)2)28(25,26)24-10-8-23(9-11-24)19-14-16(21)4-6-18(19)22/h4-7,13-14H,3,8-12H2,1-2H3. The van der Waals surface area contributed by atoms with E-state index in [0.717, 1.165) is 23.4 Å². The van der Waals surface area contributed by atoms with Crippen molar-refractivity contribution < 1.29 is 13.2 Å². The number of halogens is 2. The maximum Gasteiger partial charge on any atom is 0.243 e. The van der Waals surface area contributed by atoms with E-state index in [1.807, 2.05) is 19.9 Å². The number of aryl methyl sites for hydroxylation is 1. The highest BCUT2D eigenvalue weighted by Gasteiger charge is 2.29. The molecule has 0 aliphatic carbocycles. The van der Waals surface area contributed by atoms with Gasteiger partial charge in [0.2, 0.25) is 10.0 Å². The molecular formula is C20H24Cl2N2O3S. The summed E-state index contributed by atoms with van der Waals surface area (Å²) in [5.74, 6) is 0.723. The fourth-order valence-corrected chi connectivity index (χ4v) is 5.11. The Morgan fingerprint density at radius 2 is 1.75 bits per heavy atom. The summed E-state index contributed by atoms with van der Waals surface area (Å²) in [6, 6.07) is 10.3. The third kappa shape index (κ3) is 4.57. The van der Waals surface area contributed by atoms with E-state index < -0.39 is 10.0 Å². The molecule has 0 bridgehead atoms. The lowest BCUT2D eigenvalue weighted by atomic mass is 10.2. The van der Waals surface area contributed by atoms with Crippen LogP contribution in [0.25, 0.3) is 0 Å². The van der Waals surface area contributed by atoms with Gasteiger partial charge in [-0.3, -0.25) is 0 Å². The lowest BCUT2D eigenvalue weighted by Crippen LogP contribution is -2.48. The van der Waals surface area contributed by atoms with Crippen molar-refractivity contribution in [2.75, 3.05) is 37.7 Å². The number of piperazine rings is 1. The van der Waals surface area contributed by atoms with Crippen molar-refractivity contribution in [1.29, 1.82) is 0 Å². The van der Waals surface area contributed by atoms with Crippen LogP contribution in [0.2, 0.25) is 10.0 Å². The van der Waals surface area contributed by atoms with Gasteiger partial charge in [-0.05, 0) is 55.3 Å². The first-order valence-corrected chi connectivity index (χ1v) is 11.5. The zero-order chi connectivity index (χ0) is 20.3. The molecule has 152 valence electrons. The molecule has 0 amide bonds. The Morgan fingerprint density at radius 3 is 2.39 bits per heavy atom. The molecule has 8 heteroatoms. The quantitative estimate of drug-likeness (QED) is 0.655. The highest BCUT2D eigenvalue weighted by Crippen LogP contribution is 2.31. The van der Waals surface area contributed by atoms with E-state index in [0.29, 0.717) is 47.7 Å². The minimum atomic E-state index is -3.55. The first kappa shape index (κ1) is 21.2. The van der Waals surface area contributed by atoms with Gasteiger partial charge in [-0.25, -0.2) is 8.42 Å². The van der Waals surface area contributed by atoms with Gasteiger partial charge in [-0.1, -0.05) is 30.1 Å². The Morgan fingerprint density at radius 1 is 1.04 bits per heavy atom. The van der Waals surface area contributed by atoms with E-state index in [4.69, 9.17) is 27.9 Å². The van der Waals surface area contributed by atoms with Crippen LogP contribution in [0.3, 0.4) is 0 Å². The number of hydrogen-bond donors (Lipinski definition) is 0. The summed E-state index contributed by atoms with van der Waals surface area (Å²) in [7, 11) is -3.55. The Bertz CT molecular complexity index is 942. The van der Waals surface area contributed by atoms with Gasteiger partial charge in [-0.15, -0.1) is 0 Å². The van der Waals surface area contributed by atoms with E-state index in [-0.39, 0.29) is 0 Å². The van der Waals surface area contributed by atoms with Gasteiger partial charge in [0.25, 0.3) is 0 Å². The smallest absolute Gasteiger partial charge is 0.243 e. The number of hydrogen-bond acceptors (Lipinski definition) is 4. The van der Waals surface area contributed by atoms with Crippen LogP contribution in [0.15, 0.2) is 41.3 Å². The van der Waals surface area contributed by atoms with Gasteiger partial charge >= 0.3 is 0 Å². The van der Waals surface area contributed by atoms with Gasteiger partial charge in [0, 0.05) is 31.2 Å². The van der Waals surface area contributed by atoms with Crippen LogP contribution in [0.4, 0.5) is 5.69 Å². The second-order valence-corrected chi connectivity index (χ2v) is 9.54. The highest BCUT2D eigenvalue weighted by atomic mass is 35.5. The number of benzene rings is 2. The van der Waals surface area contributed by atoms with E-state index >= 15 is 0 Å². The Labute approximate surface area is 176 Å². The Hall–Kier alpha value is -1.47. The maximum atomic E-state index is 13.0. The molecule has 1 fully saturated rings. The zero-order valence-electron chi connectivity index (χ0n) is 16.0. The Kier molecular flexibility index (Phi) is 6.76. The monoisotopic (exact) mass is 442 g/mol. The summed E-state index contributed by atoms with van der Waals surface area (Å²) < 4.78 is 33.3. The highest BCUT2D eigenvalue weighted by molar-refractivity contribution is 7.89. The third-order valence-electron chi connectivity index (χ3n) is 4.73. The fourth-order valence-electron chi connectivity index (χ4n) is 3.20. The van der Waals surface area contributed by atoms with Gasteiger partial charge in [0.05, 0.1) is 22.2 Å². The zero-order valence-corrected chi connectivity index (χ0v) is 18.3. The van der Waals surface area contributed by atoms with Crippen LogP contribution in [0, 0.1) is 6.92 Å². The molecule has 1 aliphatic rings. The first-order valence-electron chi connectivity index (χ1n) is 9.26. The van der Waals surface area contributed by atoms with Gasteiger partial charge in [0.1, 0.15) is 5.75 Å². The molecule has 5 nitrogen and oxygen atoms in total. The average molecular weight is 443 g/mol. The predicted octanol–water partition coefficient (Wildman–Crippen LogP) is 4.60. The second kappa shape index (κ2) is 8.91. The van der Waals surface area contributed by atoms with Crippen LogP contribution < -0.4 is 9.64 Å². The molecule has 0 aromatic heterocycles. The van der Waals surface area contributed by atoms with Gasteiger partial charge in [0.15, 0.2) is 0 Å². The van der Waals surface area contributed by atoms with E-state index in [1.54, 1.807) is 30.3 Å². The minimum absolute atomic E-state index is 0.295. The van der Waals surface area contributed by atoms with E-state index in [2.05, 4.69) is 4.90 Å². The van der Waals surface area contributed by atoms with Crippen LogP contribution >= 0.6 is 23.2 Å². The third-order valence-corrected chi connectivity index (χ3v) is 7.18. The molecule has 1 saturated heterocycles. The summed E-state index contributed by atoms with van der Waals surface area (Å²) in [6.07, 6.45) is 0.903. The van der Waals surface area contributed by atoms with Crippen LogP contribution in [0.1, 0.15) is 18.9 Å². The van der Waals surface area contributed by atoms with Crippen LogP contribution in [0.5, 0.6) is 5.75 Å². The molecule has 2 aromatic carbocycles. The number of rotatable bonds is 6. The summed E-state index contributed by atoms with van der Waals surface area (Å²) in [5, 5.41) is 1.22. The molecule has 0 atom stereocenters. The van der Waals surface area contributed by atoms with E-state index in [1.165, 1.54) is 4.31 Å². The SMILES string of the molecule is CCCOc1ccc(S(=O)(=O)N2CCN(c3cc(Cl)ccc3Cl)CC2)cc1C. The van der Waals surface area contributed by atoms with Crippen molar-refractivity contribution in [3.05, 3.63) is 52.0 Å². The topological polar surface area (TPSA) is 49.9 Å². The lowest BCUT2D eigenvalue weighted by molar-refractivity contribution is 0.315. The van der Waals surface area contributed by atoms with Crippen molar-refractivity contribution in [2.24, 2.45) is 0 Å². The molecule has 0 N–H and O–H groups in total. The molecule has 2 aromatic rings. The van der Waals surface area contributed by atoms with Crippen molar-refractivity contribution >= 4 is 38.9 Å². The number of anilines is 1. The number of nitrogens with zero attached hydrogens (tertiary/aromatic N) is 2. The van der Waals surface area contributed by atoms with Crippen molar-refractivity contribution in [1.82, 2.24) is 4.31 Å². The molecular weight excluding hydrogens is 419 g/mol. The summed E-state index contributed by atoms with van der Waals surface area (Å²) in [5.41, 5.74) is 1.65. The fraction of sp³-hybridized carbons (Fsp3) is 0.400. The molecule has 0 radical (unpaired) electrons. The molecule has 0 unspecified atom stereocenters.